The second kappa shape index (κ2) is 17.8. The molecular weight excluding hydrogens is 161 g/mol. The van der Waals surface area contributed by atoms with Gasteiger partial charge >= 0.3 is 88.7 Å². The smallest absolute Gasteiger partial charge is 1.00 e. The molecule has 0 bridgehead atoms. The maximum Gasteiger partial charge on any atom is 1.00 e. The fourth-order valence-electron chi connectivity index (χ4n) is 0.292. The summed E-state index contributed by atoms with van der Waals surface area (Å²) in [6.07, 6.45) is -0.427. The van der Waals surface area contributed by atoms with Gasteiger partial charge in [-0.15, -0.1) is 0 Å². The summed E-state index contributed by atoms with van der Waals surface area (Å²) >= 11 is 0. The fourth-order valence-corrected chi connectivity index (χ4v) is 0.292. The number of nitrogens with one attached hydrogen (secondary N) is 1. The zero-order chi connectivity index (χ0) is 5.70. The maximum absolute atomic E-state index is 8.52. The molecule has 0 aliphatic heterocycles. The Labute approximate surface area is 133 Å². The minimum Gasteiger partial charge on any atom is -1.00 e. The van der Waals surface area contributed by atoms with Gasteiger partial charge in [0.15, 0.2) is 0 Å². The molecule has 0 rings (SSSR count). The summed E-state index contributed by atoms with van der Waals surface area (Å²) in [6, 6.07) is 0. The van der Waals surface area contributed by atoms with E-state index in [1.165, 1.54) is 0 Å². The van der Waals surface area contributed by atoms with Crippen molar-refractivity contribution in [3.8, 4) is 0 Å². The van der Waals surface area contributed by atoms with Crippen molar-refractivity contribution in [3.63, 3.8) is 0 Å². The number of aliphatic hydroxyl groups is 1. The van der Waals surface area contributed by atoms with E-state index in [9.17, 15) is 0 Å². The summed E-state index contributed by atoms with van der Waals surface area (Å²) in [5.74, 6) is 0. The van der Waals surface area contributed by atoms with Gasteiger partial charge in [0.2, 0.25) is 0 Å². The number of nitrogens with two attached hydrogens (primary N) is 1. The molecule has 0 amide bonds. The van der Waals surface area contributed by atoms with Crippen molar-refractivity contribution in [3.05, 3.63) is 0 Å². The van der Waals surface area contributed by atoms with Crippen LogP contribution in [0.1, 0.15) is 11.2 Å². The minimum absolute atomic E-state index is 0. The molecule has 0 saturated carbocycles. The summed E-state index contributed by atoms with van der Waals surface area (Å²) in [5, 5.41) is 11.2. The Morgan fingerprint density at radius 3 is 2.00 bits per heavy atom. The van der Waals surface area contributed by atoms with Crippen LogP contribution in [0.15, 0.2) is 0 Å². The standard InChI is InChI=1S/C4H12N2O.3Na.3H/c1-4(7)6-3-2-5;;;;;;/h4,6-7H,2-3,5H2,1H3;;;;;;/q;3*+1;3*-1. The zero-order valence-corrected chi connectivity index (χ0v) is 13.5. The van der Waals surface area contributed by atoms with Crippen LogP contribution in [0.2, 0.25) is 0 Å². The summed E-state index contributed by atoms with van der Waals surface area (Å²) in [5.41, 5.74) is 5.10. The van der Waals surface area contributed by atoms with Crippen molar-refractivity contribution < 1.29 is 98.1 Å². The number of aliphatic hydroxyl groups excluding tert-OH is 1. The van der Waals surface area contributed by atoms with Crippen molar-refractivity contribution >= 4 is 0 Å². The van der Waals surface area contributed by atoms with Gasteiger partial charge in [-0.3, -0.25) is 5.32 Å². The van der Waals surface area contributed by atoms with Gasteiger partial charge in [-0.25, -0.2) is 0 Å². The van der Waals surface area contributed by atoms with Gasteiger partial charge < -0.3 is 15.1 Å². The van der Waals surface area contributed by atoms with Crippen LogP contribution in [0.5, 0.6) is 0 Å². The van der Waals surface area contributed by atoms with Crippen molar-refractivity contribution in [2.24, 2.45) is 5.73 Å². The van der Waals surface area contributed by atoms with Gasteiger partial charge in [-0.1, -0.05) is 0 Å². The summed E-state index contributed by atoms with van der Waals surface area (Å²) in [6.45, 7) is 2.91. The molecular formula is C4H15N2Na3O. The Balaban J connectivity index is -0.0000000120. The molecule has 0 aliphatic carbocycles. The van der Waals surface area contributed by atoms with Crippen LogP contribution in [-0.2, 0) is 0 Å². The van der Waals surface area contributed by atoms with Gasteiger partial charge in [0, 0.05) is 13.1 Å². The Hall–Kier alpha value is 2.88. The molecule has 6 heteroatoms. The van der Waals surface area contributed by atoms with Crippen molar-refractivity contribution in [2.45, 2.75) is 13.2 Å². The molecule has 0 aromatic heterocycles. The summed E-state index contributed by atoms with van der Waals surface area (Å²) < 4.78 is 0. The Kier molecular flexibility index (Phi) is 41.1. The first kappa shape index (κ1) is 23.1. The third kappa shape index (κ3) is 22.4. The van der Waals surface area contributed by atoms with E-state index < -0.39 is 6.23 Å². The number of hydrogen-bond donors (Lipinski definition) is 3. The van der Waals surface area contributed by atoms with E-state index in [0.717, 1.165) is 0 Å². The Morgan fingerprint density at radius 2 is 1.90 bits per heavy atom. The SMILES string of the molecule is CC(O)NCCN.[H-].[H-].[H-].[Na+].[Na+].[Na+]. The van der Waals surface area contributed by atoms with Crippen molar-refractivity contribution in [2.75, 3.05) is 13.1 Å². The first-order valence-electron chi connectivity index (χ1n) is 2.39. The maximum atomic E-state index is 8.52. The van der Waals surface area contributed by atoms with Gasteiger partial charge in [-0.2, -0.15) is 0 Å². The monoisotopic (exact) mass is 176 g/mol. The van der Waals surface area contributed by atoms with Gasteiger partial charge in [0.1, 0.15) is 6.23 Å². The second-order valence-electron chi connectivity index (χ2n) is 1.42. The van der Waals surface area contributed by atoms with E-state index in [0.29, 0.717) is 13.1 Å². The third-order valence-electron chi connectivity index (χ3n) is 0.584. The minimum atomic E-state index is -0.427. The van der Waals surface area contributed by atoms with E-state index in [4.69, 9.17) is 10.8 Å². The topological polar surface area (TPSA) is 58.3 Å². The Morgan fingerprint density at radius 1 is 1.50 bits per heavy atom. The van der Waals surface area contributed by atoms with E-state index in [1.807, 2.05) is 0 Å². The van der Waals surface area contributed by atoms with Gasteiger partial charge in [-0.05, 0) is 6.92 Å². The molecule has 0 fully saturated rings. The molecule has 0 radical (unpaired) electrons. The molecule has 0 spiro atoms. The molecule has 1 atom stereocenters. The zero-order valence-electron chi connectivity index (χ0n) is 10.5. The van der Waals surface area contributed by atoms with Crippen molar-refractivity contribution in [1.29, 1.82) is 0 Å². The average molecular weight is 176 g/mol. The van der Waals surface area contributed by atoms with Gasteiger partial charge in [0.05, 0.1) is 0 Å². The van der Waals surface area contributed by atoms with Crippen LogP contribution in [-0.4, -0.2) is 24.4 Å². The van der Waals surface area contributed by atoms with E-state index >= 15 is 0 Å². The quantitative estimate of drug-likeness (QED) is 0.295. The molecule has 0 aromatic carbocycles. The van der Waals surface area contributed by atoms with Crippen LogP contribution in [0.25, 0.3) is 0 Å². The van der Waals surface area contributed by atoms with Crippen LogP contribution < -0.4 is 99.7 Å². The molecule has 0 aromatic rings. The van der Waals surface area contributed by atoms with Crippen LogP contribution in [0, 0.1) is 0 Å². The van der Waals surface area contributed by atoms with E-state index in [-0.39, 0.29) is 93.0 Å². The van der Waals surface area contributed by atoms with Crippen LogP contribution in [0.4, 0.5) is 0 Å². The van der Waals surface area contributed by atoms with E-state index in [1.54, 1.807) is 6.92 Å². The molecule has 10 heavy (non-hydrogen) atoms. The Bertz CT molecular complexity index is 57.6. The predicted molar refractivity (Wildman–Crippen MR) is 32.1 cm³/mol. The molecule has 0 saturated heterocycles. The van der Waals surface area contributed by atoms with Crippen LogP contribution in [0.3, 0.4) is 0 Å². The van der Waals surface area contributed by atoms with Crippen LogP contribution >= 0.6 is 0 Å². The first-order valence-corrected chi connectivity index (χ1v) is 2.39. The molecule has 50 valence electrons. The van der Waals surface area contributed by atoms with Gasteiger partial charge in [0.25, 0.3) is 0 Å². The second-order valence-corrected chi connectivity index (χ2v) is 1.42. The summed E-state index contributed by atoms with van der Waals surface area (Å²) in [7, 11) is 0. The molecule has 3 nitrogen and oxygen atoms in total. The first-order chi connectivity index (χ1) is 3.27. The number of rotatable bonds is 3. The van der Waals surface area contributed by atoms with Crippen molar-refractivity contribution in [1.82, 2.24) is 5.32 Å². The number of hydrogen-bond acceptors (Lipinski definition) is 3. The molecule has 4 N–H and O–H groups in total. The molecule has 0 heterocycles. The molecule has 1 unspecified atom stereocenters. The fraction of sp³-hybridized carbons (Fsp3) is 1.00. The third-order valence-corrected chi connectivity index (χ3v) is 0.584. The normalized spacial score (nSPS) is 9.90. The average Bonchev–Trinajstić information content (AvgIpc) is 1.61. The molecule has 0 aliphatic rings. The summed E-state index contributed by atoms with van der Waals surface area (Å²) in [4.78, 5) is 0. The largest absolute Gasteiger partial charge is 1.00 e. The predicted octanol–water partition coefficient (Wildman–Crippen LogP) is -9.78. The van der Waals surface area contributed by atoms with E-state index in [2.05, 4.69) is 5.32 Å².